The van der Waals surface area contributed by atoms with Crippen molar-refractivity contribution in [1.82, 2.24) is 9.88 Å². The number of rotatable bonds is 13. The minimum absolute atomic E-state index is 0.0856. The summed E-state index contributed by atoms with van der Waals surface area (Å²) in [6.45, 7) is 5.20. The first-order valence-electron chi connectivity index (χ1n) is 18.6. The van der Waals surface area contributed by atoms with Gasteiger partial charge in [-0.1, -0.05) is 104 Å². The summed E-state index contributed by atoms with van der Waals surface area (Å²) in [6.07, 6.45) is 4.66. The zero-order valence-corrected chi connectivity index (χ0v) is 31.8. The lowest BCUT2D eigenvalue weighted by Crippen LogP contribution is -2.65. The number of benzene rings is 4. The van der Waals surface area contributed by atoms with Crippen molar-refractivity contribution in [3.63, 3.8) is 0 Å². The number of ketones is 1. The van der Waals surface area contributed by atoms with E-state index < -0.39 is 43.3 Å². The van der Waals surface area contributed by atoms with Crippen molar-refractivity contribution in [2.45, 2.75) is 37.3 Å². The molecule has 2 fully saturated rings. The lowest BCUT2D eigenvalue weighted by molar-refractivity contribution is -0.164. The van der Waals surface area contributed by atoms with E-state index in [4.69, 9.17) is 4.74 Å². The smallest absolute Gasteiger partial charge is 0.355 e. The molecule has 0 saturated carbocycles. The van der Waals surface area contributed by atoms with Crippen LogP contribution in [0.2, 0.25) is 0 Å². The van der Waals surface area contributed by atoms with Gasteiger partial charge in [-0.2, -0.15) is 0 Å². The third-order valence-electron chi connectivity index (χ3n) is 10.5. The molecule has 3 heterocycles. The minimum Gasteiger partial charge on any atom is -0.457 e. The fraction of sp³-hybridized carbons (Fsp3) is 0.196. The third-order valence-corrected chi connectivity index (χ3v) is 13.3. The molecule has 2 aliphatic rings. The highest BCUT2D eigenvalue weighted by Gasteiger charge is 2.58. The number of esters is 1. The molecule has 0 aliphatic carbocycles. The number of nitrogens with zero attached hydrogens (tertiary/aromatic N) is 2. The van der Waals surface area contributed by atoms with Gasteiger partial charge >= 0.3 is 5.97 Å². The average molecular weight is 764 g/mol. The molecule has 1 unspecified atom stereocenters. The van der Waals surface area contributed by atoms with E-state index in [-0.39, 0.29) is 30.4 Å². The standard InChI is InChI=1S/C46H42N3O6P/c1-3-27-55-45(54)41(42-46(34-15-7-4-8-16-34,35-17-9-5-10-18-35)25-28-56(42)37-19-11-6-12-20-37)49-38(40(31(2)50)44(49)53)29-39(51)32-21-23-36(24-22-32)48-43(52)33-14-13-26-47-30-33/h3-24,26,30-31,38,40,50H,1,25,27-29H2,2H3,(H,48,52)/t31-,38-,40-,56?/m1/s1. The number of allylic oxidation sites excluding steroid dienone is 1. The van der Waals surface area contributed by atoms with Crippen molar-refractivity contribution in [2.24, 2.45) is 5.92 Å². The zero-order chi connectivity index (χ0) is 39.2. The molecule has 7 rings (SSSR count). The van der Waals surface area contributed by atoms with Gasteiger partial charge in [0.2, 0.25) is 5.91 Å². The lowest BCUT2D eigenvalue weighted by Gasteiger charge is -2.50. The fourth-order valence-corrected chi connectivity index (χ4v) is 11.1. The third kappa shape index (κ3) is 7.36. The van der Waals surface area contributed by atoms with Crippen molar-refractivity contribution in [3.05, 3.63) is 186 Å². The SMILES string of the molecule is C=CCOC(=O)C(=C1P(c2ccccc2)CCC1(c1ccccc1)c1ccccc1)N1C(=O)[C@H]([C@@H](C)O)[C@H]1CC(=O)c1ccc(NC(=O)c2cccnc2)cc1. The summed E-state index contributed by atoms with van der Waals surface area (Å²) in [6, 6.07) is 39.1. The maximum Gasteiger partial charge on any atom is 0.355 e. The molecule has 0 radical (unpaired) electrons. The van der Waals surface area contributed by atoms with Gasteiger partial charge in [-0.3, -0.25) is 19.4 Å². The van der Waals surface area contributed by atoms with Crippen LogP contribution in [-0.2, 0) is 19.7 Å². The quantitative estimate of drug-likeness (QED) is 0.0323. The number of likely N-dealkylation sites (tertiary alicyclic amines) is 1. The lowest BCUT2D eigenvalue weighted by atomic mass is 9.71. The Morgan fingerprint density at radius 1 is 0.911 bits per heavy atom. The summed E-state index contributed by atoms with van der Waals surface area (Å²) in [5, 5.41) is 15.6. The molecule has 2 aliphatic heterocycles. The number of β-lactam (4-membered cyclic amide) rings is 1. The molecular formula is C46H42N3O6P. The Labute approximate surface area is 327 Å². The van der Waals surface area contributed by atoms with Crippen LogP contribution in [0.5, 0.6) is 0 Å². The van der Waals surface area contributed by atoms with Crippen LogP contribution >= 0.6 is 7.92 Å². The van der Waals surface area contributed by atoms with Crippen molar-refractivity contribution < 1.29 is 29.0 Å². The van der Waals surface area contributed by atoms with E-state index in [0.717, 1.165) is 27.9 Å². The maximum absolute atomic E-state index is 14.7. The van der Waals surface area contributed by atoms with Crippen molar-refractivity contribution in [3.8, 4) is 0 Å². The largest absolute Gasteiger partial charge is 0.457 e. The summed E-state index contributed by atoms with van der Waals surface area (Å²) in [5.41, 5.74) is 2.46. The fourth-order valence-electron chi connectivity index (χ4n) is 7.96. The number of anilines is 1. The first kappa shape index (κ1) is 38.3. The number of nitrogens with one attached hydrogen (secondary N) is 1. The Hall–Kier alpha value is -6.02. The molecular weight excluding hydrogens is 721 g/mol. The molecule has 4 aromatic carbocycles. The number of ether oxygens (including phenoxy) is 1. The highest BCUT2D eigenvalue weighted by Crippen LogP contribution is 2.66. The van der Waals surface area contributed by atoms with Crippen molar-refractivity contribution in [2.75, 3.05) is 18.1 Å². The maximum atomic E-state index is 14.7. The number of amides is 2. The Morgan fingerprint density at radius 2 is 1.54 bits per heavy atom. The summed E-state index contributed by atoms with van der Waals surface area (Å²) in [5.74, 6) is -2.71. The molecule has 1 aromatic heterocycles. The average Bonchev–Trinajstić information content (AvgIpc) is 3.64. The molecule has 4 atom stereocenters. The predicted molar refractivity (Wildman–Crippen MR) is 218 cm³/mol. The molecule has 56 heavy (non-hydrogen) atoms. The van der Waals surface area contributed by atoms with E-state index >= 15 is 0 Å². The predicted octanol–water partition coefficient (Wildman–Crippen LogP) is 7.25. The molecule has 5 aromatic rings. The van der Waals surface area contributed by atoms with Gasteiger partial charge in [0.05, 0.1) is 23.6 Å². The van der Waals surface area contributed by atoms with E-state index in [0.29, 0.717) is 23.2 Å². The van der Waals surface area contributed by atoms with Crippen LogP contribution < -0.4 is 10.6 Å². The first-order chi connectivity index (χ1) is 27.2. The first-order valence-corrected chi connectivity index (χ1v) is 20.1. The summed E-state index contributed by atoms with van der Waals surface area (Å²) < 4.78 is 5.85. The number of aliphatic hydroxyl groups excluding tert-OH is 1. The Bertz CT molecular complexity index is 2210. The summed E-state index contributed by atoms with van der Waals surface area (Å²) >= 11 is 0. The second-order valence-corrected chi connectivity index (χ2v) is 16.2. The van der Waals surface area contributed by atoms with Crippen molar-refractivity contribution >= 4 is 42.5 Å². The summed E-state index contributed by atoms with van der Waals surface area (Å²) in [7, 11) is -1.22. The molecule has 9 nitrogen and oxygen atoms in total. The van der Waals surface area contributed by atoms with Gasteiger partial charge in [-0.25, -0.2) is 4.79 Å². The van der Waals surface area contributed by atoms with Crippen LogP contribution in [0.15, 0.2) is 163 Å². The topological polar surface area (TPSA) is 126 Å². The summed E-state index contributed by atoms with van der Waals surface area (Å²) in [4.78, 5) is 61.4. The zero-order valence-electron chi connectivity index (χ0n) is 31.0. The molecule has 10 heteroatoms. The van der Waals surface area contributed by atoms with E-state index in [1.54, 1.807) is 42.6 Å². The molecule has 2 saturated heterocycles. The highest BCUT2D eigenvalue weighted by molar-refractivity contribution is 7.70. The number of aliphatic hydroxyl groups is 1. The molecule has 0 bridgehead atoms. The van der Waals surface area contributed by atoms with E-state index in [1.807, 2.05) is 54.6 Å². The number of carbonyl (C=O) groups excluding carboxylic acids is 4. The van der Waals surface area contributed by atoms with Crippen LogP contribution in [0, 0.1) is 5.92 Å². The number of carbonyl (C=O) groups is 4. The van der Waals surface area contributed by atoms with Crippen molar-refractivity contribution in [1.29, 1.82) is 0 Å². The van der Waals surface area contributed by atoms with Crippen LogP contribution in [0.3, 0.4) is 0 Å². The van der Waals surface area contributed by atoms with E-state index in [9.17, 15) is 24.3 Å². The minimum atomic E-state index is -1.22. The van der Waals surface area contributed by atoms with Gasteiger partial charge in [0.1, 0.15) is 12.3 Å². The number of hydrogen-bond acceptors (Lipinski definition) is 7. The van der Waals surface area contributed by atoms with Crippen LogP contribution in [0.1, 0.15) is 51.6 Å². The Kier molecular flexibility index (Phi) is 11.5. The monoisotopic (exact) mass is 763 g/mol. The molecule has 2 amide bonds. The second kappa shape index (κ2) is 16.8. The second-order valence-electron chi connectivity index (χ2n) is 13.9. The van der Waals surface area contributed by atoms with E-state index in [1.165, 1.54) is 24.1 Å². The van der Waals surface area contributed by atoms with Gasteiger partial charge in [0.15, 0.2) is 5.78 Å². The Balaban J connectivity index is 1.34. The molecule has 282 valence electrons. The normalized spacial score (nSPS) is 20.0. The molecule has 0 spiro atoms. The van der Waals surface area contributed by atoms with Crippen LogP contribution in [0.4, 0.5) is 5.69 Å². The van der Waals surface area contributed by atoms with Gasteiger partial charge in [0.25, 0.3) is 5.91 Å². The number of aromatic nitrogens is 1. The van der Waals surface area contributed by atoms with Crippen LogP contribution in [0.25, 0.3) is 0 Å². The van der Waals surface area contributed by atoms with E-state index in [2.05, 4.69) is 53.3 Å². The number of hydrogen-bond donors (Lipinski definition) is 2. The number of Topliss-reactive ketones (excluding diaryl/α,β-unsaturated/α-hetero) is 1. The van der Waals surface area contributed by atoms with Gasteiger partial charge in [-0.05, 0) is 80.3 Å². The van der Waals surface area contributed by atoms with Gasteiger partial charge in [0, 0.05) is 40.8 Å². The molecule has 2 N–H and O–H groups in total. The highest BCUT2D eigenvalue weighted by atomic mass is 31.1. The Morgan fingerprint density at radius 3 is 2.11 bits per heavy atom. The van der Waals surface area contributed by atoms with Gasteiger partial charge in [-0.15, -0.1) is 0 Å². The number of pyridine rings is 1. The van der Waals surface area contributed by atoms with Gasteiger partial charge < -0.3 is 20.1 Å². The van der Waals surface area contributed by atoms with Crippen LogP contribution in [-0.4, -0.2) is 63.5 Å².